The number of benzene rings is 1. The molecule has 3 aromatic heterocycles. The Kier molecular flexibility index (Phi) is 5.35. The monoisotopic (exact) mass is 485 g/mol. The van der Waals surface area contributed by atoms with Gasteiger partial charge >= 0.3 is 0 Å². The minimum Gasteiger partial charge on any atom is -0.372 e. The summed E-state index contributed by atoms with van der Waals surface area (Å²) in [6.07, 6.45) is 7.83. The van der Waals surface area contributed by atoms with Crippen LogP contribution < -0.4 is 5.32 Å². The molecule has 1 aromatic carbocycles. The molecule has 0 amide bonds. The highest BCUT2D eigenvalue weighted by atomic mass is 79.9. The Morgan fingerprint density at radius 3 is 3.00 bits per heavy atom. The quantitative estimate of drug-likeness (QED) is 0.364. The van der Waals surface area contributed by atoms with E-state index >= 15 is 0 Å². The Balaban J connectivity index is 1.27. The largest absolute Gasteiger partial charge is 0.372 e. The number of ether oxygens (including phenoxy) is 1. The molecule has 0 bridgehead atoms. The second-order valence-corrected chi connectivity index (χ2v) is 8.76. The van der Waals surface area contributed by atoms with Gasteiger partial charge in [0.25, 0.3) is 0 Å². The van der Waals surface area contributed by atoms with E-state index in [2.05, 4.69) is 59.0 Å². The number of aromatic nitrogens is 4. The third kappa shape index (κ3) is 3.66. The summed E-state index contributed by atoms with van der Waals surface area (Å²) in [5, 5.41) is 5.70. The van der Waals surface area contributed by atoms with Gasteiger partial charge in [-0.2, -0.15) is 0 Å². The standard InChI is InChI=1S/C22H21BrClN5O/c1-25-21-16-8-9-29(22(16)27-12-26-21)19-7-6-15(30-19)5-3-13-2-4-14-11-17(23)20(24)28-18(14)10-13/h2,4,8-12,15,19H,3,5-7H2,1H3,(H,25,26,27). The Morgan fingerprint density at radius 1 is 1.23 bits per heavy atom. The molecule has 4 heterocycles. The van der Waals surface area contributed by atoms with Crippen LogP contribution in [0.2, 0.25) is 5.15 Å². The average molecular weight is 487 g/mol. The summed E-state index contributed by atoms with van der Waals surface area (Å²) in [5.41, 5.74) is 3.08. The highest BCUT2D eigenvalue weighted by Crippen LogP contribution is 2.34. The molecule has 0 saturated carbocycles. The first kappa shape index (κ1) is 19.7. The van der Waals surface area contributed by atoms with Crippen LogP contribution in [0, 0.1) is 0 Å². The van der Waals surface area contributed by atoms with Crippen LogP contribution in [0.3, 0.4) is 0 Å². The van der Waals surface area contributed by atoms with E-state index in [4.69, 9.17) is 16.3 Å². The number of aryl methyl sites for hydroxylation is 1. The van der Waals surface area contributed by atoms with Crippen molar-refractivity contribution in [2.24, 2.45) is 0 Å². The van der Waals surface area contributed by atoms with Gasteiger partial charge in [0, 0.05) is 18.6 Å². The van der Waals surface area contributed by atoms with E-state index in [0.717, 1.165) is 57.9 Å². The Morgan fingerprint density at radius 2 is 2.13 bits per heavy atom. The smallest absolute Gasteiger partial charge is 0.147 e. The van der Waals surface area contributed by atoms with E-state index in [1.54, 1.807) is 6.33 Å². The minimum absolute atomic E-state index is 0.0153. The van der Waals surface area contributed by atoms with Gasteiger partial charge in [-0.25, -0.2) is 15.0 Å². The predicted molar refractivity (Wildman–Crippen MR) is 123 cm³/mol. The van der Waals surface area contributed by atoms with Crippen molar-refractivity contribution in [1.82, 2.24) is 19.5 Å². The molecule has 5 rings (SSSR count). The normalized spacial score (nSPS) is 19.0. The number of hydrogen-bond acceptors (Lipinski definition) is 5. The van der Waals surface area contributed by atoms with Crippen LogP contribution in [-0.4, -0.2) is 32.7 Å². The lowest BCUT2D eigenvalue weighted by atomic mass is 10.0. The lowest BCUT2D eigenvalue weighted by molar-refractivity contribution is 0.00120. The first-order valence-corrected chi connectivity index (χ1v) is 11.2. The number of nitrogens with one attached hydrogen (secondary N) is 1. The molecule has 1 aliphatic heterocycles. The van der Waals surface area contributed by atoms with E-state index in [1.807, 2.05) is 25.4 Å². The summed E-state index contributed by atoms with van der Waals surface area (Å²) in [6, 6.07) is 10.4. The van der Waals surface area contributed by atoms with Gasteiger partial charge in [-0.05, 0) is 65.4 Å². The zero-order valence-electron chi connectivity index (χ0n) is 16.5. The van der Waals surface area contributed by atoms with E-state index in [0.29, 0.717) is 5.15 Å². The van der Waals surface area contributed by atoms with Crippen LogP contribution in [0.4, 0.5) is 5.82 Å². The number of nitrogens with zero attached hydrogens (tertiary/aromatic N) is 4. The molecule has 1 aliphatic rings. The maximum Gasteiger partial charge on any atom is 0.147 e. The molecule has 30 heavy (non-hydrogen) atoms. The Hall–Kier alpha value is -2.22. The van der Waals surface area contributed by atoms with Crippen molar-refractivity contribution < 1.29 is 4.74 Å². The molecule has 6 nitrogen and oxygen atoms in total. The fraction of sp³-hybridized carbons (Fsp3) is 0.318. The predicted octanol–water partition coefficient (Wildman–Crippen LogP) is 5.75. The molecule has 1 fully saturated rings. The molecule has 0 radical (unpaired) electrons. The van der Waals surface area contributed by atoms with E-state index in [1.165, 1.54) is 5.56 Å². The zero-order valence-corrected chi connectivity index (χ0v) is 18.8. The molecular weight excluding hydrogens is 466 g/mol. The fourth-order valence-electron chi connectivity index (χ4n) is 4.15. The Labute approximate surface area is 187 Å². The summed E-state index contributed by atoms with van der Waals surface area (Å²) >= 11 is 9.58. The van der Waals surface area contributed by atoms with Crippen LogP contribution in [-0.2, 0) is 11.2 Å². The maximum atomic E-state index is 6.37. The zero-order chi connectivity index (χ0) is 20.7. The number of fused-ring (bicyclic) bond motifs is 2. The molecule has 4 aromatic rings. The molecule has 1 saturated heterocycles. The summed E-state index contributed by atoms with van der Waals surface area (Å²) in [4.78, 5) is 13.2. The second-order valence-electron chi connectivity index (χ2n) is 7.55. The number of pyridine rings is 1. The molecule has 1 N–H and O–H groups in total. The van der Waals surface area contributed by atoms with Crippen LogP contribution in [0.15, 0.2) is 47.3 Å². The van der Waals surface area contributed by atoms with Gasteiger partial charge in [0.05, 0.1) is 21.5 Å². The highest BCUT2D eigenvalue weighted by Gasteiger charge is 2.27. The van der Waals surface area contributed by atoms with Crippen molar-refractivity contribution in [1.29, 1.82) is 0 Å². The van der Waals surface area contributed by atoms with Crippen molar-refractivity contribution in [3.63, 3.8) is 0 Å². The van der Waals surface area contributed by atoms with Gasteiger partial charge in [-0.15, -0.1) is 0 Å². The lowest BCUT2D eigenvalue weighted by Gasteiger charge is -2.16. The van der Waals surface area contributed by atoms with Gasteiger partial charge in [0.2, 0.25) is 0 Å². The summed E-state index contributed by atoms with van der Waals surface area (Å²) < 4.78 is 9.31. The van der Waals surface area contributed by atoms with Gasteiger partial charge in [-0.1, -0.05) is 23.7 Å². The molecule has 8 heteroatoms. The third-order valence-electron chi connectivity index (χ3n) is 5.69. The molecule has 2 unspecified atom stereocenters. The SMILES string of the molecule is CNc1ncnc2c1ccn2C1CCC(CCc2ccc3cc(Br)c(Cl)nc3c2)O1. The van der Waals surface area contributed by atoms with Crippen LogP contribution in [0.1, 0.15) is 31.1 Å². The number of anilines is 1. The van der Waals surface area contributed by atoms with Crippen LogP contribution in [0.5, 0.6) is 0 Å². The minimum atomic E-state index is 0.0153. The van der Waals surface area contributed by atoms with E-state index < -0.39 is 0 Å². The number of halogens is 2. The van der Waals surface area contributed by atoms with Crippen LogP contribution in [0.25, 0.3) is 21.9 Å². The van der Waals surface area contributed by atoms with E-state index in [-0.39, 0.29) is 12.3 Å². The molecule has 0 spiro atoms. The van der Waals surface area contributed by atoms with Crippen molar-refractivity contribution in [3.05, 3.63) is 58.0 Å². The topological polar surface area (TPSA) is 64.9 Å². The summed E-state index contributed by atoms with van der Waals surface area (Å²) in [7, 11) is 1.87. The van der Waals surface area contributed by atoms with Gasteiger partial charge in [0.1, 0.15) is 29.2 Å². The second kappa shape index (κ2) is 8.13. The van der Waals surface area contributed by atoms with Gasteiger partial charge in [0.15, 0.2) is 0 Å². The molecule has 2 atom stereocenters. The van der Waals surface area contributed by atoms with Gasteiger partial charge < -0.3 is 14.6 Å². The molecule has 154 valence electrons. The average Bonchev–Trinajstić information content (AvgIpc) is 3.39. The van der Waals surface area contributed by atoms with Crippen molar-refractivity contribution in [3.8, 4) is 0 Å². The summed E-state index contributed by atoms with van der Waals surface area (Å²) in [6.45, 7) is 0. The summed E-state index contributed by atoms with van der Waals surface area (Å²) in [5.74, 6) is 0.838. The Bertz CT molecular complexity index is 1230. The number of rotatable bonds is 5. The van der Waals surface area contributed by atoms with Crippen molar-refractivity contribution >= 4 is 55.3 Å². The fourth-order valence-corrected chi connectivity index (χ4v) is 4.63. The lowest BCUT2D eigenvalue weighted by Crippen LogP contribution is -2.12. The highest BCUT2D eigenvalue weighted by molar-refractivity contribution is 9.10. The van der Waals surface area contributed by atoms with Crippen molar-refractivity contribution in [2.45, 2.75) is 38.0 Å². The third-order valence-corrected chi connectivity index (χ3v) is 6.81. The number of hydrogen-bond donors (Lipinski definition) is 1. The maximum absolute atomic E-state index is 6.37. The van der Waals surface area contributed by atoms with Crippen LogP contribution >= 0.6 is 27.5 Å². The van der Waals surface area contributed by atoms with E-state index in [9.17, 15) is 0 Å². The molecular formula is C22H21BrClN5O. The first-order valence-electron chi connectivity index (χ1n) is 10.0. The van der Waals surface area contributed by atoms with Crippen molar-refractivity contribution in [2.75, 3.05) is 12.4 Å². The first-order chi connectivity index (χ1) is 14.6. The molecule has 0 aliphatic carbocycles. The van der Waals surface area contributed by atoms with Gasteiger partial charge in [-0.3, -0.25) is 0 Å².